The van der Waals surface area contributed by atoms with Gasteiger partial charge in [-0.3, -0.25) is 9.59 Å². The van der Waals surface area contributed by atoms with Gasteiger partial charge < -0.3 is 19.7 Å². The third-order valence-corrected chi connectivity index (χ3v) is 4.74. The number of unbranched alkanes of at least 4 members (excludes halogenated alkanes) is 10. The maximum atomic E-state index is 11.6. The first-order valence-electron chi connectivity index (χ1n) is 11.2. The van der Waals surface area contributed by atoms with Crippen molar-refractivity contribution < 1.29 is 29.3 Å². The highest BCUT2D eigenvalue weighted by Gasteiger charge is 2.20. The summed E-state index contributed by atoms with van der Waals surface area (Å²) in [6.07, 6.45) is 11.1. The molecule has 166 valence electrons. The van der Waals surface area contributed by atoms with Crippen LogP contribution in [0, 0.1) is 0 Å². The zero-order chi connectivity index (χ0) is 21.0. The molecule has 0 aliphatic carbocycles. The van der Waals surface area contributed by atoms with Crippen molar-refractivity contribution in [3.8, 4) is 0 Å². The van der Waals surface area contributed by atoms with Gasteiger partial charge in [0, 0.05) is 12.8 Å². The van der Waals surface area contributed by atoms with Crippen LogP contribution in [0.4, 0.5) is 0 Å². The minimum absolute atomic E-state index is 0.287. The summed E-state index contributed by atoms with van der Waals surface area (Å²) in [5.41, 5.74) is 0. The monoisotopic (exact) mass is 402 g/mol. The summed E-state index contributed by atoms with van der Waals surface area (Å²) in [7, 11) is 0. The molecular formula is C22H42O6. The minimum atomic E-state index is -1.25. The summed E-state index contributed by atoms with van der Waals surface area (Å²) in [4.78, 5) is 23.3. The number of esters is 2. The average molecular weight is 403 g/mol. The van der Waals surface area contributed by atoms with Crippen LogP contribution in [0.3, 0.4) is 0 Å². The lowest BCUT2D eigenvalue weighted by Crippen LogP contribution is -2.35. The fraction of sp³-hybridized carbons (Fsp3) is 0.909. The summed E-state index contributed by atoms with van der Waals surface area (Å²) >= 11 is 0. The highest BCUT2D eigenvalue weighted by Crippen LogP contribution is 2.09. The molecule has 0 aromatic heterocycles. The molecule has 2 N–H and O–H groups in total. The molecular weight excluding hydrogens is 360 g/mol. The maximum absolute atomic E-state index is 11.6. The van der Waals surface area contributed by atoms with Crippen molar-refractivity contribution >= 4 is 11.9 Å². The largest absolute Gasteiger partial charge is 0.463 e. The van der Waals surface area contributed by atoms with Crippen LogP contribution < -0.4 is 0 Å². The number of rotatable bonds is 19. The summed E-state index contributed by atoms with van der Waals surface area (Å²) in [5.74, 6) is -0.747. The van der Waals surface area contributed by atoms with Crippen molar-refractivity contribution in [2.45, 2.75) is 116 Å². The number of aliphatic hydroxyl groups is 2. The van der Waals surface area contributed by atoms with Crippen molar-refractivity contribution in [1.29, 1.82) is 0 Å². The SMILES string of the molecule is CCCCCCCCC(=O)OC[C@@H](O)[C@@H](O)COC(=O)CCCCCCCC. The Hall–Kier alpha value is -1.14. The number of hydrogen-bond donors (Lipinski definition) is 2. The Bertz CT molecular complexity index is 349. The Morgan fingerprint density at radius 1 is 0.607 bits per heavy atom. The van der Waals surface area contributed by atoms with Crippen molar-refractivity contribution in [1.82, 2.24) is 0 Å². The van der Waals surface area contributed by atoms with E-state index in [1.807, 2.05) is 0 Å². The Kier molecular flexibility index (Phi) is 18.4. The van der Waals surface area contributed by atoms with E-state index >= 15 is 0 Å². The molecule has 0 aliphatic heterocycles. The van der Waals surface area contributed by atoms with Crippen molar-refractivity contribution in [2.24, 2.45) is 0 Å². The summed E-state index contributed by atoms with van der Waals surface area (Å²) in [6.45, 7) is 3.75. The van der Waals surface area contributed by atoms with Crippen molar-refractivity contribution in [3.05, 3.63) is 0 Å². The second-order valence-corrected chi connectivity index (χ2v) is 7.54. The third-order valence-electron chi connectivity index (χ3n) is 4.74. The second kappa shape index (κ2) is 19.2. The molecule has 0 saturated carbocycles. The van der Waals surface area contributed by atoms with Gasteiger partial charge >= 0.3 is 11.9 Å². The quantitative estimate of drug-likeness (QED) is 0.247. The molecule has 2 atom stereocenters. The van der Waals surface area contributed by atoms with E-state index < -0.39 is 12.2 Å². The molecule has 0 spiro atoms. The molecule has 0 aromatic rings. The third kappa shape index (κ3) is 17.0. The molecule has 6 heteroatoms. The Balaban J connectivity index is 3.67. The summed E-state index contributed by atoms with van der Waals surface area (Å²) in [5, 5.41) is 19.7. The van der Waals surface area contributed by atoms with Gasteiger partial charge in [0.25, 0.3) is 0 Å². The van der Waals surface area contributed by atoms with Crippen LogP contribution in [0.15, 0.2) is 0 Å². The molecule has 0 aromatic carbocycles. The van der Waals surface area contributed by atoms with Gasteiger partial charge in [-0.1, -0.05) is 78.1 Å². The van der Waals surface area contributed by atoms with E-state index in [1.54, 1.807) is 0 Å². The number of hydrogen-bond acceptors (Lipinski definition) is 6. The van der Waals surface area contributed by atoms with Gasteiger partial charge in [-0.05, 0) is 12.8 Å². The van der Waals surface area contributed by atoms with E-state index in [0.29, 0.717) is 12.8 Å². The molecule has 0 heterocycles. The van der Waals surface area contributed by atoms with Crippen LogP contribution in [-0.2, 0) is 19.1 Å². The number of carbonyl (C=O) groups excluding carboxylic acids is 2. The number of ether oxygens (including phenoxy) is 2. The first-order chi connectivity index (χ1) is 13.5. The van der Waals surface area contributed by atoms with Crippen LogP contribution in [-0.4, -0.2) is 47.6 Å². The lowest BCUT2D eigenvalue weighted by Gasteiger charge is -2.17. The summed E-state index contributed by atoms with van der Waals surface area (Å²) < 4.78 is 9.96. The number of carbonyl (C=O) groups is 2. The first-order valence-corrected chi connectivity index (χ1v) is 11.2. The Morgan fingerprint density at radius 2 is 0.929 bits per heavy atom. The van der Waals surface area contributed by atoms with Crippen molar-refractivity contribution in [3.63, 3.8) is 0 Å². The highest BCUT2D eigenvalue weighted by molar-refractivity contribution is 5.69. The van der Waals surface area contributed by atoms with Gasteiger partial charge in [0.15, 0.2) is 0 Å². The maximum Gasteiger partial charge on any atom is 0.305 e. The van der Waals surface area contributed by atoms with E-state index in [9.17, 15) is 19.8 Å². The van der Waals surface area contributed by atoms with Gasteiger partial charge in [0.05, 0.1) is 0 Å². The van der Waals surface area contributed by atoms with E-state index in [4.69, 9.17) is 9.47 Å². The molecule has 0 saturated heterocycles. The molecule has 0 radical (unpaired) electrons. The molecule has 0 fully saturated rings. The van der Waals surface area contributed by atoms with E-state index in [1.165, 1.54) is 38.5 Å². The highest BCUT2D eigenvalue weighted by atomic mass is 16.6. The van der Waals surface area contributed by atoms with Crippen LogP contribution in [0.2, 0.25) is 0 Å². The normalized spacial score (nSPS) is 13.1. The molecule has 0 amide bonds. The van der Waals surface area contributed by atoms with Gasteiger partial charge in [-0.2, -0.15) is 0 Å². The molecule has 0 bridgehead atoms. The molecule has 0 aliphatic rings. The van der Waals surface area contributed by atoms with E-state index in [0.717, 1.165) is 38.5 Å². The van der Waals surface area contributed by atoms with Gasteiger partial charge in [-0.15, -0.1) is 0 Å². The minimum Gasteiger partial charge on any atom is -0.463 e. The Labute approximate surface area is 171 Å². The van der Waals surface area contributed by atoms with Crippen molar-refractivity contribution in [2.75, 3.05) is 13.2 Å². The molecule has 28 heavy (non-hydrogen) atoms. The predicted molar refractivity (Wildman–Crippen MR) is 110 cm³/mol. The lowest BCUT2D eigenvalue weighted by molar-refractivity contribution is -0.156. The predicted octanol–water partition coefficient (Wildman–Crippen LogP) is 4.30. The van der Waals surface area contributed by atoms with E-state index in [-0.39, 0.29) is 25.2 Å². The zero-order valence-electron chi connectivity index (χ0n) is 18.0. The van der Waals surface area contributed by atoms with E-state index in [2.05, 4.69) is 13.8 Å². The molecule has 0 rings (SSSR count). The molecule has 0 unspecified atom stereocenters. The topological polar surface area (TPSA) is 93.1 Å². The van der Waals surface area contributed by atoms with Crippen LogP contribution in [0.25, 0.3) is 0 Å². The lowest BCUT2D eigenvalue weighted by atomic mass is 10.1. The zero-order valence-corrected chi connectivity index (χ0v) is 18.0. The van der Waals surface area contributed by atoms with Crippen LogP contribution in [0.1, 0.15) is 104 Å². The Morgan fingerprint density at radius 3 is 1.29 bits per heavy atom. The average Bonchev–Trinajstić information content (AvgIpc) is 2.69. The van der Waals surface area contributed by atoms with Gasteiger partial charge in [-0.25, -0.2) is 0 Å². The smallest absolute Gasteiger partial charge is 0.305 e. The standard InChI is InChI=1S/C22H42O6/c1-3-5-7-9-11-13-15-21(25)27-17-19(23)20(24)18-28-22(26)16-14-12-10-8-6-4-2/h19-20,23-24H,3-18H2,1-2H3/t19-,20+. The fourth-order valence-electron chi connectivity index (χ4n) is 2.82. The summed E-state index contributed by atoms with van der Waals surface area (Å²) in [6, 6.07) is 0. The van der Waals surface area contributed by atoms with Gasteiger partial charge in [0.2, 0.25) is 0 Å². The number of aliphatic hydroxyl groups excluding tert-OH is 2. The second-order valence-electron chi connectivity index (χ2n) is 7.54. The molecule has 6 nitrogen and oxygen atoms in total. The fourth-order valence-corrected chi connectivity index (χ4v) is 2.82. The van der Waals surface area contributed by atoms with Crippen LogP contribution >= 0.6 is 0 Å². The van der Waals surface area contributed by atoms with Crippen LogP contribution in [0.5, 0.6) is 0 Å². The van der Waals surface area contributed by atoms with Gasteiger partial charge in [0.1, 0.15) is 25.4 Å². The first kappa shape index (κ1) is 26.9.